The molecule has 0 saturated carbocycles. The van der Waals surface area contributed by atoms with Gasteiger partial charge in [-0.25, -0.2) is 4.98 Å². The maximum absolute atomic E-state index is 12.6. The van der Waals surface area contributed by atoms with E-state index in [0.717, 1.165) is 32.1 Å². The fourth-order valence-electron chi connectivity index (χ4n) is 2.86. The van der Waals surface area contributed by atoms with Crippen molar-refractivity contribution in [2.24, 2.45) is 0 Å². The van der Waals surface area contributed by atoms with Crippen LogP contribution in [-0.4, -0.2) is 15.5 Å². The number of thiophene rings is 1. The number of benzene rings is 1. The highest BCUT2D eigenvalue weighted by atomic mass is 32.1. The second kappa shape index (κ2) is 6.80. The summed E-state index contributed by atoms with van der Waals surface area (Å²) < 4.78 is 1.52. The van der Waals surface area contributed by atoms with Gasteiger partial charge < -0.3 is 5.32 Å². The molecule has 3 rings (SSSR count). The molecule has 0 radical (unpaired) electrons. The van der Waals surface area contributed by atoms with Gasteiger partial charge in [0, 0.05) is 23.5 Å². The van der Waals surface area contributed by atoms with E-state index in [-0.39, 0.29) is 17.9 Å². The lowest BCUT2D eigenvalue weighted by atomic mass is 10.1. The Labute approximate surface area is 150 Å². The summed E-state index contributed by atoms with van der Waals surface area (Å²) in [5, 5.41) is 3.62. The number of hydrogen-bond donors (Lipinski definition) is 1. The fourth-order valence-corrected chi connectivity index (χ4v) is 3.85. The van der Waals surface area contributed by atoms with Crippen molar-refractivity contribution in [3.63, 3.8) is 0 Å². The van der Waals surface area contributed by atoms with E-state index in [2.05, 4.69) is 10.3 Å². The maximum atomic E-state index is 12.6. The van der Waals surface area contributed by atoms with Crippen LogP contribution >= 0.6 is 11.3 Å². The lowest BCUT2D eigenvalue weighted by Gasteiger charge is -2.12. The summed E-state index contributed by atoms with van der Waals surface area (Å²) in [5.74, 6) is -0.109. The van der Waals surface area contributed by atoms with E-state index in [1.54, 1.807) is 0 Å². The molecule has 25 heavy (non-hydrogen) atoms. The molecule has 0 saturated heterocycles. The molecular formula is C19H21N3O2S. The van der Waals surface area contributed by atoms with Crippen molar-refractivity contribution in [1.29, 1.82) is 0 Å². The van der Waals surface area contributed by atoms with Crippen molar-refractivity contribution in [2.45, 2.75) is 40.7 Å². The van der Waals surface area contributed by atoms with Gasteiger partial charge in [0.2, 0.25) is 5.91 Å². The first-order chi connectivity index (χ1) is 11.9. The smallest absolute Gasteiger partial charge is 0.262 e. The molecule has 5 nitrogen and oxygen atoms in total. The van der Waals surface area contributed by atoms with Crippen molar-refractivity contribution in [1.82, 2.24) is 9.55 Å². The van der Waals surface area contributed by atoms with Gasteiger partial charge in [0.1, 0.15) is 4.83 Å². The zero-order valence-electron chi connectivity index (χ0n) is 14.8. The van der Waals surface area contributed by atoms with Crippen LogP contribution in [0.5, 0.6) is 0 Å². The summed E-state index contributed by atoms with van der Waals surface area (Å²) >= 11 is 1.53. The van der Waals surface area contributed by atoms with Gasteiger partial charge in [-0.2, -0.15) is 0 Å². The molecule has 1 amide bonds. The molecule has 0 fully saturated rings. The minimum atomic E-state index is -0.109. The number of carbonyl (C=O) groups excluding carboxylic acids is 1. The van der Waals surface area contributed by atoms with Gasteiger partial charge in [0.05, 0.1) is 11.7 Å². The van der Waals surface area contributed by atoms with E-state index in [0.29, 0.717) is 11.9 Å². The maximum Gasteiger partial charge on any atom is 0.262 e. The van der Waals surface area contributed by atoms with Crippen LogP contribution in [0.15, 0.2) is 29.3 Å². The average Bonchev–Trinajstić information content (AvgIpc) is 2.86. The monoisotopic (exact) mass is 355 g/mol. The van der Waals surface area contributed by atoms with Crippen molar-refractivity contribution < 1.29 is 4.79 Å². The van der Waals surface area contributed by atoms with Crippen LogP contribution in [0.4, 0.5) is 5.69 Å². The Morgan fingerprint density at radius 3 is 2.56 bits per heavy atom. The molecule has 1 N–H and O–H groups in total. The lowest BCUT2D eigenvalue weighted by Crippen LogP contribution is -2.24. The normalized spacial score (nSPS) is 11.0. The van der Waals surface area contributed by atoms with Crippen molar-refractivity contribution in [2.75, 3.05) is 5.32 Å². The van der Waals surface area contributed by atoms with E-state index in [1.807, 2.05) is 45.9 Å². The van der Waals surface area contributed by atoms with Crippen molar-refractivity contribution in [3.8, 4) is 0 Å². The molecule has 2 heterocycles. The van der Waals surface area contributed by atoms with Crippen LogP contribution in [0.25, 0.3) is 10.2 Å². The highest BCUT2D eigenvalue weighted by Crippen LogP contribution is 2.25. The average molecular weight is 355 g/mol. The summed E-state index contributed by atoms with van der Waals surface area (Å²) in [7, 11) is 0. The Balaban J connectivity index is 1.77. The number of aryl methyl sites for hydroxylation is 5. The summed E-state index contributed by atoms with van der Waals surface area (Å²) in [5.41, 5.74) is 3.80. The molecule has 1 aromatic carbocycles. The molecule has 6 heteroatoms. The molecule has 0 bridgehead atoms. The molecule has 2 aromatic heterocycles. The van der Waals surface area contributed by atoms with Crippen LogP contribution in [0.1, 0.15) is 28.0 Å². The highest BCUT2D eigenvalue weighted by Gasteiger charge is 2.13. The molecule has 0 unspecified atom stereocenters. The number of anilines is 1. The summed E-state index contributed by atoms with van der Waals surface area (Å²) in [6.45, 7) is 8.17. The van der Waals surface area contributed by atoms with Gasteiger partial charge in [-0.3, -0.25) is 14.2 Å². The number of nitrogens with zero attached hydrogens (tertiary/aromatic N) is 2. The standard InChI is InChI=1S/C19H21N3O2S/c1-11-6-5-7-12(2)17(11)21-15(23)8-9-22-10-20-18-16(19(22)24)13(3)14(4)25-18/h5-7,10H,8-9H2,1-4H3,(H,21,23). The number of rotatable bonds is 4. The van der Waals surface area contributed by atoms with E-state index < -0.39 is 0 Å². The van der Waals surface area contributed by atoms with E-state index >= 15 is 0 Å². The number of carbonyl (C=O) groups is 1. The SMILES string of the molecule is Cc1cccc(C)c1NC(=O)CCn1cnc2sc(C)c(C)c2c1=O. The van der Waals surface area contributed by atoms with Crippen molar-refractivity contribution >= 4 is 33.1 Å². The summed E-state index contributed by atoms with van der Waals surface area (Å²) in [6.07, 6.45) is 1.76. The molecule has 0 aliphatic carbocycles. The third-order valence-electron chi connectivity index (χ3n) is 4.48. The van der Waals surface area contributed by atoms with Gasteiger partial charge in [0.25, 0.3) is 5.56 Å². The molecule has 3 aromatic rings. The van der Waals surface area contributed by atoms with E-state index in [1.165, 1.54) is 22.2 Å². The van der Waals surface area contributed by atoms with Crippen LogP contribution in [-0.2, 0) is 11.3 Å². The third-order valence-corrected chi connectivity index (χ3v) is 5.60. The van der Waals surface area contributed by atoms with Gasteiger partial charge in [-0.1, -0.05) is 18.2 Å². The number of fused-ring (bicyclic) bond motifs is 1. The van der Waals surface area contributed by atoms with Gasteiger partial charge in [-0.15, -0.1) is 11.3 Å². The number of hydrogen-bond acceptors (Lipinski definition) is 4. The first-order valence-corrected chi connectivity index (χ1v) is 9.01. The second-order valence-electron chi connectivity index (χ2n) is 6.27. The Hall–Kier alpha value is -2.47. The number of nitrogens with one attached hydrogen (secondary N) is 1. The zero-order chi connectivity index (χ0) is 18.1. The molecule has 130 valence electrons. The first-order valence-electron chi connectivity index (χ1n) is 8.19. The van der Waals surface area contributed by atoms with Crippen molar-refractivity contribution in [3.05, 3.63) is 56.4 Å². The Morgan fingerprint density at radius 1 is 1.20 bits per heavy atom. The van der Waals surface area contributed by atoms with Crippen LogP contribution in [0.2, 0.25) is 0 Å². The van der Waals surface area contributed by atoms with Gasteiger partial charge >= 0.3 is 0 Å². The Kier molecular flexibility index (Phi) is 4.72. The first kappa shape index (κ1) is 17.4. The zero-order valence-corrected chi connectivity index (χ0v) is 15.7. The topological polar surface area (TPSA) is 64.0 Å². The minimum Gasteiger partial charge on any atom is -0.326 e. The minimum absolute atomic E-state index is 0.0771. The summed E-state index contributed by atoms with van der Waals surface area (Å²) in [4.78, 5) is 31.2. The number of para-hydroxylation sites is 1. The predicted molar refractivity (Wildman–Crippen MR) is 103 cm³/mol. The largest absolute Gasteiger partial charge is 0.326 e. The van der Waals surface area contributed by atoms with E-state index in [9.17, 15) is 9.59 Å². The molecule has 0 atom stereocenters. The number of aromatic nitrogens is 2. The fraction of sp³-hybridized carbons (Fsp3) is 0.316. The molecule has 0 aliphatic heterocycles. The third kappa shape index (κ3) is 3.35. The number of amides is 1. The Bertz CT molecular complexity index is 997. The molecule has 0 spiro atoms. The highest BCUT2D eigenvalue weighted by molar-refractivity contribution is 7.18. The predicted octanol–water partition coefficient (Wildman–Crippen LogP) is 3.72. The summed E-state index contributed by atoms with van der Waals surface area (Å²) in [6, 6.07) is 5.89. The van der Waals surface area contributed by atoms with Gasteiger partial charge in [-0.05, 0) is 44.4 Å². The van der Waals surface area contributed by atoms with Crippen LogP contribution in [0, 0.1) is 27.7 Å². The van der Waals surface area contributed by atoms with E-state index in [4.69, 9.17) is 0 Å². The second-order valence-corrected chi connectivity index (χ2v) is 7.47. The van der Waals surface area contributed by atoms with Crippen LogP contribution in [0.3, 0.4) is 0 Å². The quantitative estimate of drug-likeness (QED) is 0.776. The van der Waals surface area contributed by atoms with Gasteiger partial charge in [0.15, 0.2) is 0 Å². The Morgan fingerprint density at radius 2 is 1.88 bits per heavy atom. The van der Waals surface area contributed by atoms with Crippen LogP contribution < -0.4 is 10.9 Å². The molecule has 0 aliphatic rings. The lowest BCUT2D eigenvalue weighted by molar-refractivity contribution is -0.116. The molecular weight excluding hydrogens is 334 g/mol.